The van der Waals surface area contributed by atoms with Crippen molar-refractivity contribution in [2.75, 3.05) is 36.4 Å². The molecule has 0 bridgehead atoms. The molecule has 1 saturated heterocycles. The van der Waals surface area contributed by atoms with E-state index in [1.54, 1.807) is 4.90 Å². The van der Waals surface area contributed by atoms with Gasteiger partial charge in [0, 0.05) is 13.1 Å². The molecule has 22 heavy (non-hydrogen) atoms. The molecule has 2 heterocycles. The van der Waals surface area contributed by atoms with E-state index in [1.165, 1.54) is 12.0 Å². The Morgan fingerprint density at radius 3 is 2.55 bits per heavy atom. The van der Waals surface area contributed by atoms with E-state index in [9.17, 15) is 9.59 Å². The average Bonchev–Trinajstić information content (AvgIpc) is 2.53. The van der Waals surface area contributed by atoms with Gasteiger partial charge >= 0.3 is 0 Å². The number of anilines is 2. The molecule has 0 radical (unpaired) electrons. The molecule has 5 nitrogen and oxygen atoms in total. The van der Waals surface area contributed by atoms with E-state index in [4.69, 9.17) is 0 Å². The Balaban J connectivity index is 1.82. The van der Waals surface area contributed by atoms with Crippen molar-refractivity contribution in [1.82, 2.24) is 4.90 Å². The summed E-state index contributed by atoms with van der Waals surface area (Å²) < 4.78 is 0. The molecule has 0 aromatic heterocycles. The number of likely N-dealkylation sites (tertiary alicyclic amines) is 1. The molecule has 0 unspecified atom stereocenters. The third kappa shape index (κ3) is 2.80. The third-order valence-electron chi connectivity index (χ3n) is 4.64. The molecule has 2 amide bonds. The summed E-state index contributed by atoms with van der Waals surface area (Å²) in [5.41, 5.74) is 4.08. The zero-order valence-corrected chi connectivity index (χ0v) is 13.3. The number of nitrogens with one attached hydrogen (secondary N) is 1. The zero-order chi connectivity index (χ0) is 15.7. The van der Waals surface area contributed by atoms with Crippen molar-refractivity contribution in [3.8, 4) is 0 Å². The molecule has 0 saturated carbocycles. The first-order valence-corrected chi connectivity index (χ1v) is 7.99. The van der Waals surface area contributed by atoms with E-state index in [0.29, 0.717) is 0 Å². The summed E-state index contributed by atoms with van der Waals surface area (Å²) in [5, 5.41) is 3.15. The van der Waals surface area contributed by atoms with Crippen LogP contribution in [0, 0.1) is 13.8 Å². The standard InChI is InChI=1S/C17H23N3O2/c1-12-8-14-15(9-13(12)2)20(16(21)10-18-14)11-17(22)19-6-4-3-5-7-19/h8-9,18H,3-7,10-11H2,1-2H3. The first-order chi connectivity index (χ1) is 10.6. The lowest BCUT2D eigenvalue weighted by Gasteiger charge is -2.33. The van der Waals surface area contributed by atoms with Gasteiger partial charge in [0.15, 0.2) is 0 Å². The predicted molar refractivity (Wildman–Crippen MR) is 87.2 cm³/mol. The number of benzene rings is 1. The van der Waals surface area contributed by atoms with Crippen LogP contribution in [0.1, 0.15) is 30.4 Å². The molecule has 0 atom stereocenters. The average molecular weight is 301 g/mol. The fraction of sp³-hybridized carbons (Fsp3) is 0.529. The van der Waals surface area contributed by atoms with Crippen molar-refractivity contribution in [3.05, 3.63) is 23.3 Å². The van der Waals surface area contributed by atoms with E-state index < -0.39 is 0 Å². The summed E-state index contributed by atoms with van der Waals surface area (Å²) in [6.07, 6.45) is 3.32. The van der Waals surface area contributed by atoms with Gasteiger partial charge in [-0.15, -0.1) is 0 Å². The van der Waals surface area contributed by atoms with Crippen LogP contribution in [0.3, 0.4) is 0 Å². The highest BCUT2D eigenvalue weighted by molar-refractivity contribution is 6.06. The van der Waals surface area contributed by atoms with E-state index in [-0.39, 0.29) is 24.9 Å². The van der Waals surface area contributed by atoms with E-state index in [0.717, 1.165) is 42.9 Å². The summed E-state index contributed by atoms with van der Waals surface area (Å²) >= 11 is 0. The maximum Gasteiger partial charge on any atom is 0.246 e. The summed E-state index contributed by atoms with van der Waals surface area (Å²) in [5.74, 6) is 0.0141. The number of carbonyl (C=O) groups excluding carboxylic acids is 2. The number of amides is 2. The fourth-order valence-electron chi connectivity index (χ4n) is 3.12. The molecule has 2 aliphatic rings. The molecule has 2 aliphatic heterocycles. The van der Waals surface area contributed by atoms with Crippen molar-refractivity contribution in [2.45, 2.75) is 33.1 Å². The normalized spacial score (nSPS) is 18.0. The number of carbonyl (C=O) groups is 2. The van der Waals surface area contributed by atoms with Gasteiger partial charge in [0.2, 0.25) is 11.8 Å². The minimum absolute atomic E-state index is 0.0406. The Labute approximate surface area is 131 Å². The van der Waals surface area contributed by atoms with Gasteiger partial charge in [0.1, 0.15) is 6.54 Å². The second-order valence-corrected chi connectivity index (χ2v) is 6.23. The molecule has 1 aromatic rings. The highest BCUT2D eigenvalue weighted by Crippen LogP contribution is 2.32. The summed E-state index contributed by atoms with van der Waals surface area (Å²) in [7, 11) is 0. The Kier molecular flexibility index (Phi) is 4.05. The first-order valence-electron chi connectivity index (χ1n) is 7.99. The van der Waals surface area contributed by atoms with Crippen molar-refractivity contribution in [2.24, 2.45) is 0 Å². The lowest BCUT2D eigenvalue weighted by atomic mass is 10.0. The minimum atomic E-state index is -0.0406. The van der Waals surface area contributed by atoms with Crippen LogP contribution >= 0.6 is 0 Å². The smallest absolute Gasteiger partial charge is 0.246 e. The largest absolute Gasteiger partial charge is 0.374 e. The molecule has 0 spiro atoms. The molecular formula is C17H23N3O2. The van der Waals surface area contributed by atoms with Crippen molar-refractivity contribution in [1.29, 1.82) is 0 Å². The number of aryl methyl sites for hydroxylation is 2. The van der Waals surface area contributed by atoms with Crippen LogP contribution in [-0.4, -0.2) is 42.9 Å². The Morgan fingerprint density at radius 2 is 1.82 bits per heavy atom. The lowest BCUT2D eigenvalue weighted by Crippen LogP contribution is -2.48. The minimum Gasteiger partial charge on any atom is -0.374 e. The molecule has 1 aromatic carbocycles. The van der Waals surface area contributed by atoms with Crippen LogP contribution in [0.5, 0.6) is 0 Å². The van der Waals surface area contributed by atoms with Gasteiger partial charge in [-0.2, -0.15) is 0 Å². The van der Waals surface area contributed by atoms with Gasteiger partial charge < -0.3 is 10.2 Å². The number of piperidine rings is 1. The van der Waals surface area contributed by atoms with Crippen LogP contribution < -0.4 is 10.2 Å². The maximum atomic E-state index is 12.5. The van der Waals surface area contributed by atoms with Crippen molar-refractivity contribution in [3.63, 3.8) is 0 Å². The van der Waals surface area contributed by atoms with Crippen molar-refractivity contribution < 1.29 is 9.59 Å². The second kappa shape index (κ2) is 5.99. The number of fused-ring (bicyclic) bond motifs is 1. The molecule has 0 aliphatic carbocycles. The highest BCUT2D eigenvalue weighted by Gasteiger charge is 2.28. The van der Waals surface area contributed by atoms with Gasteiger partial charge in [0.25, 0.3) is 0 Å². The van der Waals surface area contributed by atoms with E-state index in [2.05, 4.69) is 18.3 Å². The Hall–Kier alpha value is -2.04. The molecular weight excluding hydrogens is 278 g/mol. The number of rotatable bonds is 2. The predicted octanol–water partition coefficient (Wildman–Crippen LogP) is 2.07. The van der Waals surface area contributed by atoms with Crippen LogP contribution in [0.2, 0.25) is 0 Å². The highest BCUT2D eigenvalue weighted by atomic mass is 16.2. The molecule has 1 fully saturated rings. The molecule has 3 rings (SSSR count). The maximum absolute atomic E-state index is 12.5. The molecule has 1 N–H and O–H groups in total. The van der Waals surface area contributed by atoms with E-state index >= 15 is 0 Å². The van der Waals surface area contributed by atoms with Crippen molar-refractivity contribution >= 4 is 23.2 Å². The summed E-state index contributed by atoms with van der Waals surface area (Å²) in [6.45, 7) is 6.12. The number of hydrogen-bond acceptors (Lipinski definition) is 3. The van der Waals surface area contributed by atoms with Gasteiger partial charge in [0.05, 0.1) is 17.9 Å². The quantitative estimate of drug-likeness (QED) is 0.910. The topological polar surface area (TPSA) is 52.7 Å². The van der Waals surface area contributed by atoms with E-state index in [1.807, 2.05) is 17.9 Å². The van der Waals surface area contributed by atoms with Crippen LogP contribution in [0.25, 0.3) is 0 Å². The summed E-state index contributed by atoms with van der Waals surface area (Å²) in [6, 6.07) is 4.05. The number of hydrogen-bond donors (Lipinski definition) is 1. The SMILES string of the molecule is Cc1cc2c(cc1C)N(CC(=O)N1CCCCC1)C(=O)CN2. The lowest BCUT2D eigenvalue weighted by molar-refractivity contribution is -0.132. The Morgan fingerprint density at radius 1 is 1.14 bits per heavy atom. The third-order valence-corrected chi connectivity index (χ3v) is 4.64. The monoisotopic (exact) mass is 301 g/mol. The zero-order valence-electron chi connectivity index (χ0n) is 13.3. The van der Waals surface area contributed by atoms with Crippen LogP contribution in [0.4, 0.5) is 11.4 Å². The van der Waals surface area contributed by atoms with Crippen LogP contribution in [0.15, 0.2) is 12.1 Å². The van der Waals surface area contributed by atoms with Gasteiger partial charge in [-0.05, 0) is 56.4 Å². The first kappa shape index (κ1) is 14.9. The second-order valence-electron chi connectivity index (χ2n) is 6.23. The van der Waals surface area contributed by atoms with Gasteiger partial charge in [-0.3, -0.25) is 14.5 Å². The van der Waals surface area contributed by atoms with Gasteiger partial charge in [-0.1, -0.05) is 0 Å². The van der Waals surface area contributed by atoms with Gasteiger partial charge in [-0.25, -0.2) is 0 Å². The Bertz CT molecular complexity index is 606. The van der Waals surface area contributed by atoms with Crippen LogP contribution in [-0.2, 0) is 9.59 Å². The fourth-order valence-corrected chi connectivity index (χ4v) is 3.12. The summed E-state index contributed by atoms with van der Waals surface area (Å²) in [4.78, 5) is 28.3. The molecule has 118 valence electrons. The molecule has 5 heteroatoms. The number of nitrogens with zero attached hydrogens (tertiary/aromatic N) is 2.